The minimum Gasteiger partial charge on any atom is -0.381 e. The molecule has 0 aliphatic heterocycles. The van der Waals surface area contributed by atoms with Gasteiger partial charge in [-0.25, -0.2) is 0 Å². The molecule has 3 N–H and O–H groups in total. The van der Waals surface area contributed by atoms with Gasteiger partial charge in [-0.3, -0.25) is 4.79 Å². The highest BCUT2D eigenvalue weighted by Gasteiger charge is 2.03. The SMILES string of the molecule is CC(C)CCCOCCC(=O)Nc1cccc(CN)c1. The van der Waals surface area contributed by atoms with Gasteiger partial charge >= 0.3 is 0 Å². The van der Waals surface area contributed by atoms with Crippen molar-refractivity contribution in [3.05, 3.63) is 29.8 Å². The van der Waals surface area contributed by atoms with Crippen LogP contribution in [0.15, 0.2) is 24.3 Å². The Kier molecular flexibility index (Phi) is 7.92. The van der Waals surface area contributed by atoms with E-state index in [1.807, 2.05) is 24.3 Å². The smallest absolute Gasteiger partial charge is 0.226 e. The van der Waals surface area contributed by atoms with Crippen LogP contribution >= 0.6 is 0 Å². The van der Waals surface area contributed by atoms with Gasteiger partial charge in [-0.2, -0.15) is 0 Å². The Hall–Kier alpha value is -1.39. The molecule has 1 aromatic rings. The molecule has 4 nitrogen and oxygen atoms in total. The highest BCUT2D eigenvalue weighted by atomic mass is 16.5. The van der Waals surface area contributed by atoms with E-state index in [2.05, 4.69) is 19.2 Å². The predicted molar refractivity (Wildman–Crippen MR) is 82.5 cm³/mol. The maximum Gasteiger partial charge on any atom is 0.226 e. The zero-order valence-corrected chi connectivity index (χ0v) is 12.5. The lowest BCUT2D eigenvalue weighted by Crippen LogP contribution is -2.14. The number of ether oxygens (including phenoxy) is 1. The number of hydrogen-bond donors (Lipinski definition) is 2. The first-order chi connectivity index (χ1) is 9.61. The molecule has 0 spiro atoms. The average molecular weight is 278 g/mol. The van der Waals surface area contributed by atoms with Gasteiger partial charge in [0, 0.05) is 18.8 Å². The maximum atomic E-state index is 11.7. The molecule has 0 radical (unpaired) electrons. The molecule has 0 saturated carbocycles. The zero-order chi connectivity index (χ0) is 14.8. The summed E-state index contributed by atoms with van der Waals surface area (Å²) in [7, 11) is 0. The largest absolute Gasteiger partial charge is 0.381 e. The van der Waals surface area contributed by atoms with Gasteiger partial charge < -0.3 is 15.8 Å². The molecule has 0 aliphatic rings. The van der Waals surface area contributed by atoms with E-state index in [-0.39, 0.29) is 5.91 Å². The Morgan fingerprint density at radius 2 is 2.15 bits per heavy atom. The lowest BCUT2D eigenvalue weighted by Gasteiger charge is -2.08. The molecule has 1 aromatic carbocycles. The third kappa shape index (κ3) is 7.26. The van der Waals surface area contributed by atoms with Crippen molar-refractivity contribution < 1.29 is 9.53 Å². The molecule has 0 aromatic heterocycles. The van der Waals surface area contributed by atoms with Crippen LogP contribution in [0.1, 0.15) is 38.7 Å². The molecule has 0 fully saturated rings. The summed E-state index contributed by atoms with van der Waals surface area (Å²) in [5.74, 6) is 0.680. The van der Waals surface area contributed by atoms with Crippen molar-refractivity contribution in [1.29, 1.82) is 0 Å². The molecule has 20 heavy (non-hydrogen) atoms. The summed E-state index contributed by atoms with van der Waals surface area (Å²) < 4.78 is 5.46. The van der Waals surface area contributed by atoms with Gasteiger partial charge in [0.2, 0.25) is 5.91 Å². The molecular formula is C16H26N2O2. The number of amides is 1. The van der Waals surface area contributed by atoms with Crippen LogP contribution in [0, 0.1) is 5.92 Å². The average Bonchev–Trinajstić information content (AvgIpc) is 2.42. The van der Waals surface area contributed by atoms with Crippen molar-refractivity contribution in [2.45, 2.75) is 39.7 Å². The van der Waals surface area contributed by atoms with Crippen LogP contribution in [-0.4, -0.2) is 19.1 Å². The third-order valence-corrected chi connectivity index (χ3v) is 2.99. The summed E-state index contributed by atoms with van der Waals surface area (Å²) in [5, 5.41) is 2.85. The predicted octanol–water partition coefficient (Wildman–Crippen LogP) is 2.93. The summed E-state index contributed by atoms with van der Waals surface area (Å²) >= 11 is 0. The van der Waals surface area contributed by atoms with Gasteiger partial charge in [0.1, 0.15) is 0 Å². The van der Waals surface area contributed by atoms with Crippen LogP contribution in [-0.2, 0) is 16.1 Å². The van der Waals surface area contributed by atoms with Crippen LogP contribution in [0.25, 0.3) is 0 Å². The van der Waals surface area contributed by atoms with Crippen molar-refractivity contribution >= 4 is 11.6 Å². The molecule has 112 valence electrons. The second kappa shape index (κ2) is 9.50. The Labute approximate surface area is 121 Å². The minimum atomic E-state index is -0.0250. The van der Waals surface area contributed by atoms with Gasteiger partial charge in [0.15, 0.2) is 0 Å². The molecule has 1 amide bonds. The summed E-state index contributed by atoms with van der Waals surface area (Å²) in [6.07, 6.45) is 2.60. The van der Waals surface area contributed by atoms with Crippen molar-refractivity contribution in [3.63, 3.8) is 0 Å². The summed E-state index contributed by atoms with van der Waals surface area (Å²) in [6.45, 7) is 6.07. The van der Waals surface area contributed by atoms with Crippen LogP contribution in [0.4, 0.5) is 5.69 Å². The third-order valence-electron chi connectivity index (χ3n) is 2.99. The van der Waals surface area contributed by atoms with Gasteiger partial charge in [-0.15, -0.1) is 0 Å². The molecule has 4 heteroatoms. The summed E-state index contributed by atoms with van der Waals surface area (Å²) in [5.41, 5.74) is 7.36. The number of carbonyl (C=O) groups is 1. The van der Waals surface area contributed by atoms with Gasteiger partial charge in [0.05, 0.1) is 13.0 Å². The van der Waals surface area contributed by atoms with Crippen molar-refractivity contribution in [2.24, 2.45) is 11.7 Å². The lowest BCUT2D eigenvalue weighted by atomic mass is 10.1. The maximum absolute atomic E-state index is 11.7. The second-order valence-corrected chi connectivity index (χ2v) is 5.35. The number of carbonyl (C=O) groups excluding carboxylic acids is 1. The molecule has 0 saturated heterocycles. The van der Waals surface area contributed by atoms with Crippen LogP contribution in [0.2, 0.25) is 0 Å². The van der Waals surface area contributed by atoms with Crippen molar-refractivity contribution in [3.8, 4) is 0 Å². The van der Waals surface area contributed by atoms with Gasteiger partial charge in [-0.05, 0) is 36.5 Å². The first-order valence-electron chi connectivity index (χ1n) is 7.28. The van der Waals surface area contributed by atoms with Crippen molar-refractivity contribution in [1.82, 2.24) is 0 Å². The topological polar surface area (TPSA) is 64.3 Å². The normalized spacial score (nSPS) is 10.8. The lowest BCUT2D eigenvalue weighted by molar-refractivity contribution is -0.117. The summed E-state index contributed by atoms with van der Waals surface area (Å²) in [4.78, 5) is 11.7. The Morgan fingerprint density at radius 1 is 1.35 bits per heavy atom. The van der Waals surface area contributed by atoms with E-state index in [1.54, 1.807) is 0 Å². The fourth-order valence-electron chi connectivity index (χ4n) is 1.86. The highest BCUT2D eigenvalue weighted by molar-refractivity contribution is 5.90. The standard InChI is InChI=1S/C16H26N2O2/c1-13(2)5-4-9-20-10-8-16(19)18-15-7-3-6-14(11-15)12-17/h3,6-7,11,13H,4-5,8-10,12,17H2,1-2H3,(H,18,19). The first kappa shape index (κ1) is 16.7. The number of nitrogens with two attached hydrogens (primary N) is 1. The fraction of sp³-hybridized carbons (Fsp3) is 0.562. The first-order valence-corrected chi connectivity index (χ1v) is 7.28. The van der Waals surface area contributed by atoms with Gasteiger partial charge in [0.25, 0.3) is 0 Å². The molecule has 0 unspecified atom stereocenters. The zero-order valence-electron chi connectivity index (χ0n) is 12.5. The van der Waals surface area contributed by atoms with E-state index in [1.165, 1.54) is 0 Å². The molecule has 0 atom stereocenters. The Balaban J connectivity index is 2.16. The highest BCUT2D eigenvalue weighted by Crippen LogP contribution is 2.10. The van der Waals surface area contributed by atoms with Gasteiger partial charge in [-0.1, -0.05) is 26.0 Å². The number of nitrogens with one attached hydrogen (secondary N) is 1. The quantitative estimate of drug-likeness (QED) is 0.683. The minimum absolute atomic E-state index is 0.0250. The molecule has 0 bridgehead atoms. The number of anilines is 1. The Bertz CT molecular complexity index is 405. The van der Waals surface area contributed by atoms with Crippen molar-refractivity contribution in [2.75, 3.05) is 18.5 Å². The van der Waals surface area contributed by atoms with E-state index >= 15 is 0 Å². The number of hydrogen-bond acceptors (Lipinski definition) is 3. The van der Waals surface area contributed by atoms with Crippen LogP contribution in [0.3, 0.4) is 0 Å². The van der Waals surface area contributed by atoms with E-state index in [0.29, 0.717) is 25.5 Å². The Morgan fingerprint density at radius 3 is 2.85 bits per heavy atom. The molecular weight excluding hydrogens is 252 g/mol. The monoisotopic (exact) mass is 278 g/mol. The molecule has 0 aliphatic carbocycles. The van der Waals surface area contributed by atoms with E-state index in [4.69, 9.17) is 10.5 Å². The van der Waals surface area contributed by atoms with E-state index < -0.39 is 0 Å². The number of benzene rings is 1. The van der Waals surface area contributed by atoms with Crippen LogP contribution in [0.5, 0.6) is 0 Å². The summed E-state index contributed by atoms with van der Waals surface area (Å²) in [6, 6.07) is 7.58. The number of rotatable bonds is 9. The molecule has 1 rings (SSSR count). The molecule has 0 heterocycles. The van der Waals surface area contributed by atoms with E-state index in [0.717, 1.165) is 30.7 Å². The fourth-order valence-corrected chi connectivity index (χ4v) is 1.86. The van der Waals surface area contributed by atoms with Crippen LogP contribution < -0.4 is 11.1 Å². The van der Waals surface area contributed by atoms with E-state index in [9.17, 15) is 4.79 Å². The second-order valence-electron chi connectivity index (χ2n) is 5.35.